The van der Waals surface area contributed by atoms with Crippen LogP contribution in [0.3, 0.4) is 0 Å². The van der Waals surface area contributed by atoms with Crippen molar-refractivity contribution in [3.05, 3.63) is 0 Å². The summed E-state index contributed by atoms with van der Waals surface area (Å²) in [6.07, 6.45) is 2.30. The Morgan fingerprint density at radius 3 is 2.60 bits per heavy atom. The molecule has 1 amide bonds. The average Bonchev–Trinajstić information content (AvgIpc) is 2.27. The minimum absolute atomic E-state index is 0.100. The van der Waals surface area contributed by atoms with E-state index in [4.69, 9.17) is 16.3 Å². The van der Waals surface area contributed by atoms with Crippen molar-refractivity contribution in [1.82, 2.24) is 4.90 Å². The highest BCUT2D eigenvalue weighted by Gasteiger charge is 2.48. The predicted octanol–water partition coefficient (Wildman–Crippen LogP) is 1.50. The number of fused-ring (bicyclic) bond motifs is 2. The van der Waals surface area contributed by atoms with Crippen molar-refractivity contribution in [3.63, 3.8) is 0 Å². The van der Waals surface area contributed by atoms with Gasteiger partial charge in [-0.25, -0.2) is 0 Å². The van der Waals surface area contributed by atoms with E-state index in [-0.39, 0.29) is 11.3 Å². The third-order valence-corrected chi connectivity index (χ3v) is 4.15. The molecule has 4 heteroatoms. The number of rotatable bonds is 3. The maximum atomic E-state index is 11.8. The first-order chi connectivity index (χ1) is 7.17. The summed E-state index contributed by atoms with van der Waals surface area (Å²) in [6.45, 7) is 3.60. The summed E-state index contributed by atoms with van der Waals surface area (Å²) < 4.78 is 5.40. The van der Waals surface area contributed by atoms with Crippen molar-refractivity contribution in [2.45, 2.75) is 31.2 Å². The quantitative estimate of drug-likeness (QED) is 0.689. The standard InChI is InChI=1S/C11H18ClNO2/c1-3-9(12)11(14)13-5-7-4-8(6-13)10(7)15-2/h7-10H,3-6H2,1-2H3/t7-,8+,9-,10?/m0/s1. The van der Waals surface area contributed by atoms with Crippen LogP contribution >= 0.6 is 11.6 Å². The zero-order valence-corrected chi connectivity index (χ0v) is 10.0. The molecule has 0 aromatic rings. The summed E-state index contributed by atoms with van der Waals surface area (Å²) in [5, 5.41) is -0.344. The van der Waals surface area contributed by atoms with E-state index in [2.05, 4.69) is 0 Å². The first-order valence-corrected chi connectivity index (χ1v) is 6.06. The molecule has 3 fully saturated rings. The van der Waals surface area contributed by atoms with Gasteiger partial charge in [0.1, 0.15) is 5.38 Å². The number of carbonyl (C=O) groups excluding carboxylic acids is 1. The van der Waals surface area contributed by atoms with Gasteiger partial charge in [0.2, 0.25) is 5.91 Å². The van der Waals surface area contributed by atoms with Crippen LogP contribution < -0.4 is 0 Å². The van der Waals surface area contributed by atoms with Crippen molar-refractivity contribution < 1.29 is 9.53 Å². The van der Waals surface area contributed by atoms with Gasteiger partial charge >= 0.3 is 0 Å². The molecule has 0 spiro atoms. The van der Waals surface area contributed by atoms with E-state index in [9.17, 15) is 4.79 Å². The van der Waals surface area contributed by atoms with Gasteiger partial charge in [-0.2, -0.15) is 0 Å². The number of nitrogens with zero attached hydrogens (tertiary/aromatic N) is 1. The minimum atomic E-state index is -0.344. The number of hydrogen-bond donors (Lipinski definition) is 0. The number of methoxy groups -OCH3 is 1. The molecule has 0 aromatic carbocycles. The normalized spacial score (nSPS) is 35.9. The van der Waals surface area contributed by atoms with Crippen LogP contribution in [0.1, 0.15) is 19.8 Å². The van der Waals surface area contributed by atoms with E-state index >= 15 is 0 Å². The SMILES string of the molecule is CC[C@H](Cl)C(=O)N1C[C@H]2C[C@@H](C1)C2OC. The van der Waals surface area contributed by atoms with Crippen molar-refractivity contribution in [2.75, 3.05) is 20.2 Å². The number of carbonyl (C=O) groups is 1. The van der Waals surface area contributed by atoms with E-state index in [0.29, 0.717) is 24.4 Å². The molecule has 2 saturated heterocycles. The van der Waals surface area contributed by atoms with Crippen molar-refractivity contribution >= 4 is 17.5 Å². The van der Waals surface area contributed by atoms with Gasteiger partial charge in [-0.1, -0.05) is 6.92 Å². The van der Waals surface area contributed by atoms with Gasteiger partial charge in [0.05, 0.1) is 6.10 Å². The summed E-state index contributed by atoms with van der Waals surface area (Å²) in [6, 6.07) is 0. The van der Waals surface area contributed by atoms with Crippen LogP contribution in [0, 0.1) is 11.8 Å². The average molecular weight is 232 g/mol. The fourth-order valence-corrected chi connectivity index (χ4v) is 2.92. The zero-order valence-electron chi connectivity index (χ0n) is 9.28. The predicted molar refractivity (Wildman–Crippen MR) is 58.9 cm³/mol. The highest BCUT2D eigenvalue weighted by Crippen LogP contribution is 2.42. The summed E-state index contributed by atoms with van der Waals surface area (Å²) in [7, 11) is 1.76. The van der Waals surface area contributed by atoms with E-state index in [0.717, 1.165) is 13.1 Å². The smallest absolute Gasteiger partial charge is 0.240 e. The molecule has 1 saturated carbocycles. The van der Waals surface area contributed by atoms with Gasteiger partial charge in [0.25, 0.3) is 0 Å². The molecule has 1 aliphatic carbocycles. The molecule has 4 atom stereocenters. The Bertz CT molecular complexity index is 247. The van der Waals surface area contributed by atoms with Gasteiger partial charge in [-0.05, 0) is 12.8 Å². The van der Waals surface area contributed by atoms with Crippen LogP contribution in [0.25, 0.3) is 0 Å². The Balaban J connectivity index is 1.91. The van der Waals surface area contributed by atoms with Gasteiger partial charge in [0.15, 0.2) is 0 Å². The lowest BCUT2D eigenvalue weighted by Gasteiger charge is -2.52. The third kappa shape index (κ3) is 1.87. The number of piperidine rings is 2. The van der Waals surface area contributed by atoms with Crippen LogP contribution in [0.15, 0.2) is 0 Å². The maximum absolute atomic E-state index is 11.8. The Kier molecular flexibility index (Phi) is 3.21. The monoisotopic (exact) mass is 231 g/mol. The number of ether oxygens (including phenoxy) is 1. The number of amides is 1. The molecule has 0 radical (unpaired) electrons. The zero-order chi connectivity index (χ0) is 11.0. The second-order valence-corrected chi connectivity index (χ2v) is 5.10. The molecule has 3 aliphatic rings. The largest absolute Gasteiger partial charge is 0.381 e. The Morgan fingerprint density at radius 1 is 1.53 bits per heavy atom. The summed E-state index contributed by atoms with van der Waals surface area (Å²) in [5.41, 5.74) is 0. The number of hydrogen-bond acceptors (Lipinski definition) is 2. The maximum Gasteiger partial charge on any atom is 0.240 e. The fraction of sp³-hybridized carbons (Fsp3) is 0.909. The summed E-state index contributed by atoms with van der Waals surface area (Å²) >= 11 is 5.96. The molecular weight excluding hydrogens is 214 g/mol. The van der Waals surface area contributed by atoms with Gasteiger partial charge in [0, 0.05) is 32.0 Å². The molecule has 2 aliphatic heterocycles. The first-order valence-electron chi connectivity index (χ1n) is 5.63. The van der Waals surface area contributed by atoms with Crippen molar-refractivity contribution in [1.29, 1.82) is 0 Å². The summed E-state index contributed by atoms with van der Waals surface area (Å²) in [5.74, 6) is 1.18. The molecule has 1 unspecified atom stereocenters. The third-order valence-electron chi connectivity index (χ3n) is 3.65. The van der Waals surface area contributed by atoms with Crippen LogP contribution in [0.4, 0.5) is 0 Å². The lowest BCUT2D eigenvalue weighted by Crippen LogP contribution is -2.61. The topological polar surface area (TPSA) is 29.5 Å². The molecule has 3 nitrogen and oxygen atoms in total. The van der Waals surface area contributed by atoms with Gasteiger partial charge in [-0.15, -0.1) is 11.6 Å². The lowest BCUT2D eigenvalue weighted by atomic mass is 9.68. The Morgan fingerprint density at radius 2 is 2.13 bits per heavy atom. The number of halogens is 1. The van der Waals surface area contributed by atoms with Gasteiger partial charge < -0.3 is 9.64 Å². The van der Waals surface area contributed by atoms with E-state index in [1.165, 1.54) is 6.42 Å². The second kappa shape index (κ2) is 4.30. The fourth-order valence-electron chi connectivity index (χ4n) is 2.78. The van der Waals surface area contributed by atoms with E-state index in [1.807, 2.05) is 11.8 Å². The molecule has 0 N–H and O–H groups in total. The molecule has 15 heavy (non-hydrogen) atoms. The van der Waals surface area contributed by atoms with Crippen LogP contribution in [0.2, 0.25) is 0 Å². The lowest BCUT2D eigenvalue weighted by molar-refractivity contribution is -0.155. The van der Waals surface area contributed by atoms with E-state index in [1.54, 1.807) is 7.11 Å². The van der Waals surface area contributed by atoms with Crippen molar-refractivity contribution in [2.24, 2.45) is 11.8 Å². The minimum Gasteiger partial charge on any atom is -0.381 e. The van der Waals surface area contributed by atoms with Crippen molar-refractivity contribution in [3.8, 4) is 0 Å². The van der Waals surface area contributed by atoms with Crippen LogP contribution in [-0.2, 0) is 9.53 Å². The molecule has 2 heterocycles. The van der Waals surface area contributed by atoms with Crippen LogP contribution in [0.5, 0.6) is 0 Å². The molecule has 0 aromatic heterocycles. The molecule has 3 rings (SSSR count). The Hall–Kier alpha value is -0.280. The van der Waals surface area contributed by atoms with E-state index < -0.39 is 0 Å². The highest BCUT2D eigenvalue weighted by atomic mass is 35.5. The molecule has 2 bridgehead atoms. The Labute approximate surface area is 95.7 Å². The second-order valence-electron chi connectivity index (χ2n) is 4.58. The van der Waals surface area contributed by atoms with Crippen LogP contribution in [-0.4, -0.2) is 42.5 Å². The molecular formula is C11H18ClNO2. The first kappa shape index (κ1) is 11.2. The van der Waals surface area contributed by atoms with Gasteiger partial charge in [-0.3, -0.25) is 4.79 Å². The summed E-state index contributed by atoms with van der Waals surface area (Å²) in [4.78, 5) is 13.8. The number of alkyl halides is 1. The molecule has 86 valence electrons. The highest BCUT2D eigenvalue weighted by molar-refractivity contribution is 6.30.